The zero-order valence-corrected chi connectivity index (χ0v) is 17.9. The third-order valence-electron chi connectivity index (χ3n) is 4.94. The standard InChI is InChI=1S/C23H27NO3S/c1-16-12-17(2)14-21(13-16)24(20-10-11-28(26,27)15-20)22(25)18-6-8-19(9-7-18)23(3,4)5/h6-14,20H,15H2,1-5H3/t20-/m0/s1. The second kappa shape index (κ2) is 7.21. The highest BCUT2D eigenvalue weighted by Crippen LogP contribution is 2.28. The van der Waals surface area contributed by atoms with Gasteiger partial charge in [-0.05, 0) is 66.3 Å². The summed E-state index contributed by atoms with van der Waals surface area (Å²) < 4.78 is 24.0. The van der Waals surface area contributed by atoms with Crippen molar-refractivity contribution in [2.45, 2.75) is 46.1 Å². The summed E-state index contributed by atoms with van der Waals surface area (Å²) in [5, 5.41) is 1.21. The van der Waals surface area contributed by atoms with Crippen molar-refractivity contribution in [2.24, 2.45) is 0 Å². The van der Waals surface area contributed by atoms with Crippen molar-refractivity contribution in [2.75, 3.05) is 10.7 Å². The molecule has 3 rings (SSSR count). The zero-order valence-electron chi connectivity index (χ0n) is 17.1. The van der Waals surface area contributed by atoms with E-state index in [4.69, 9.17) is 0 Å². The lowest BCUT2D eigenvalue weighted by Crippen LogP contribution is -2.41. The molecule has 2 aromatic rings. The number of rotatable bonds is 3. The molecule has 4 nitrogen and oxygen atoms in total. The monoisotopic (exact) mass is 397 g/mol. The van der Waals surface area contributed by atoms with Gasteiger partial charge in [0, 0.05) is 16.7 Å². The number of carbonyl (C=O) groups excluding carboxylic acids is 1. The highest BCUT2D eigenvalue weighted by Gasteiger charge is 2.32. The topological polar surface area (TPSA) is 54.5 Å². The Morgan fingerprint density at radius 3 is 2.04 bits per heavy atom. The van der Waals surface area contributed by atoms with Crippen LogP contribution in [0.1, 0.15) is 47.8 Å². The molecule has 0 N–H and O–H groups in total. The highest BCUT2D eigenvalue weighted by atomic mass is 32.2. The fourth-order valence-corrected chi connectivity index (χ4v) is 4.79. The molecular formula is C23H27NO3S. The molecule has 1 aliphatic heterocycles. The van der Waals surface area contributed by atoms with Crippen LogP contribution in [-0.2, 0) is 15.3 Å². The van der Waals surface area contributed by atoms with Crippen LogP contribution in [0.2, 0.25) is 0 Å². The van der Waals surface area contributed by atoms with Crippen LogP contribution >= 0.6 is 0 Å². The Hall–Kier alpha value is -2.40. The predicted octanol–water partition coefficient (Wildman–Crippen LogP) is 4.56. The second-order valence-corrected chi connectivity index (χ2v) is 10.5. The van der Waals surface area contributed by atoms with Crippen LogP contribution in [0, 0.1) is 13.8 Å². The molecule has 0 radical (unpaired) electrons. The molecule has 1 atom stereocenters. The number of carbonyl (C=O) groups is 1. The van der Waals surface area contributed by atoms with Crippen LogP contribution in [0.15, 0.2) is 53.9 Å². The lowest BCUT2D eigenvalue weighted by atomic mass is 9.86. The molecule has 0 bridgehead atoms. The molecule has 5 heteroatoms. The lowest BCUT2D eigenvalue weighted by molar-refractivity contribution is 0.0983. The molecule has 1 aliphatic rings. The molecular weight excluding hydrogens is 370 g/mol. The Morgan fingerprint density at radius 2 is 1.57 bits per heavy atom. The largest absolute Gasteiger partial charge is 0.300 e. The molecule has 1 amide bonds. The van der Waals surface area contributed by atoms with Gasteiger partial charge >= 0.3 is 0 Å². The number of aryl methyl sites for hydroxylation is 2. The quantitative estimate of drug-likeness (QED) is 0.763. The Labute approximate surface area is 167 Å². The minimum Gasteiger partial charge on any atom is -0.300 e. The fraction of sp³-hybridized carbons (Fsp3) is 0.348. The number of amides is 1. The maximum absolute atomic E-state index is 13.4. The molecule has 2 aromatic carbocycles. The number of hydrogen-bond acceptors (Lipinski definition) is 3. The summed E-state index contributed by atoms with van der Waals surface area (Å²) in [4.78, 5) is 15.0. The summed E-state index contributed by atoms with van der Waals surface area (Å²) in [6.07, 6.45) is 1.61. The Bertz CT molecular complexity index is 1010. The van der Waals surface area contributed by atoms with E-state index in [1.165, 1.54) is 5.41 Å². The fourth-order valence-electron chi connectivity index (χ4n) is 3.52. The Balaban J connectivity index is 2.03. The van der Waals surface area contributed by atoms with Gasteiger partial charge < -0.3 is 4.90 Å². The van der Waals surface area contributed by atoms with E-state index in [0.29, 0.717) is 11.3 Å². The average Bonchev–Trinajstić information content (AvgIpc) is 2.93. The van der Waals surface area contributed by atoms with Crippen LogP contribution in [-0.4, -0.2) is 26.1 Å². The SMILES string of the molecule is Cc1cc(C)cc(N(C(=O)c2ccc(C(C)(C)C)cc2)[C@H]2C=CS(=O)(=O)C2)c1. The smallest absolute Gasteiger partial charge is 0.258 e. The number of hydrogen-bond donors (Lipinski definition) is 0. The molecule has 28 heavy (non-hydrogen) atoms. The third kappa shape index (κ3) is 4.36. The Morgan fingerprint density at radius 1 is 1.00 bits per heavy atom. The molecule has 0 spiro atoms. The van der Waals surface area contributed by atoms with Crippen LogP contribution in [0.4, 0.5) is 5.69 Å². The maximum Gasteiger partial charge on any atom is 0.258 e. The first-order chi connectivity index (χ1) is 13.0. The summed E-state index contributed by atoms with van der Waals surface area (Å²) in [6, 6.07) is 13.0. The Kier molecular flexibility index (Phi) is 5.24. The summed E-state index contributed by atoms with van der Waals surface area (Å²) in [5.41, 5.74) is 4.46. The van der Waals surface area contributed by atoms with Gasteiger partial charge in [0.15, 0.2) is 9.84 Å². The van der Waals surface area contributed by atoms with E-state index in [9.17, 15) is 13.2 Å². The summed E-state index contributed by atoms with van der Waals surface area (Å²) in [7, 11) is -3.28. The van der Waals surface area contributed by atoms with E-state index in [1.807, 2.05) is 56.3 Å². The van der Waals surface area contributed by atoms with Crippen LogP contribution < -0.4 is 4.90 Å². The van der Waals surface area contributed by atoms with E-state index >= 15 is 0 Å². The van der Waals surface area contributed by atoms with Gasteiger partial charge in [0.2, 0.25) is 0 Å². The molecule has 1 heterocycles. The van der Waals surface area contributed by atoms with Crippen LogP contribution in [0.5, 0.6) is 0 Å². The average molecular weight is 398 g/mol. The van der Waals surface area contributed by atoms with Gasteiger partial charge in [0.25, 0.3) is 5.91 Å². The first-order valence-electron chi connectivity index (χ1n) is 9.40. The minimum absolute atomic E-state index is 0.00279. The van der Waals surface area contributed by atoms with E-state index in [1.54, 1.807) is 11.0 Å². The van der Waals surface area contributed by atoms with E-state index in [2.05, 4.69) is 20.8 Å². The number of sulfone groups is 1. The molecule has 0 saturated carbocycles. The van der Waals surface area contributed by atoms with E-state index in [-0.39, 0.29) is 17.1 Å². The summed E-state index contributed by atoms with van der Waals surface area (Å²) in [6.45, 7) is 10.3. The second-order valence-electron chi connectivity index (χ2n) is 8.57. The van der Waals surface area contributed by atoms with Gasteiger partial charge in [-0.25, -0.2) is 8.42 Å². The first-order valence-corrected chi connectivity index (χ1v) is 11.1. The van der Waals surface area contributed by atoms with Crippen molar-refractivity contribution in [3.63, 3.8) is 0 Å². The van der Waals surface area contributed by atoms with Gasteiger partial charge in [-0.15, -0.1) is 0 Å². The summed E-state index contributed by atoms with van der Waals surface area (Å²) >= 11 is 0. The molecule has 0 fully saturated rings. The van der Waals surface area contributed by atoms with Crippen LogP contribution in [0.3, 0.4) is 0 Å². The predicted molar refractivity (Wildman–Crippen MR) is 115 cm³/mol. The van der Waals surface area contributed by atoms with Gasteiger partial charge in [-0.3, -0.25) is 4.79 Å². The van der Waals surface area contributed by atoms with Gasteiger partial charge in [0.1, 0.15) is 0 Å². The van der Waals surface area contributed by atoms with Crippen molar-refractivity contribution in [3.8, 4) is 0 Å². The normalized spacial score (nSPS) is 18.2. The molecule has 0 saturated heterocycles. The van der Waals surface area contributed by atoms with Gasteiger partial charge in [-0.2, -0.15) is 0 Å². The van der Waals surface area contributed by atoms with E-state index in [0.717, 1.165) is 16.7 Å². The van der Waals surface area contributed by atoms with E-state index < -0.39 is 15.9 Å². The molecule has 0 unspecified atom stereocenters. The van der Waals surface area contributed by atoms with Crippen molar-refractivity contribution in [1.29, 1.82) is 0 Å². The molecule has 148 valence electrons. The zero-order chi connectivity index (χ0) is 20.7. The van der Waals surface area contributed by atoms with Gasteiger partial charge in [-0.1, -0.05) is 39.0 Å². The number of nitrogens with zero attached hydrogens (tertiary/aromatic N) is 1. The van der Waals surface area contributed by atoms with Crippen molar-refractivity contribution < 1.29 is 13.2 Å². The lowest BCUT2D eigenvalue weighted by Gasteiger charge is -2.29. The van der Waals surface area contributed by atoms with Gasteiger partial charge in [0.05, 0.1) is 11.8 Å². The third-order valence-corrected chi connectivity index (χ3v) is 6.32. The first kappa shape index (κ1) is 20.3. The summed E-state index contributed by atoms with van der Waals surface area (Å²) in [5.74, 6) is -0.288. The van der Waals surface area contributed by atoms with Crippen molar-refractivity contribution >= 4 is 21.4 Å². The minimum atomic E-state index is -3.28. The van der Waals surface area contributed by atoms with Crippen LogP contribution in [0.25, 0.3) is 0 Å². The molecule has 0 aromatic heterocycles. The highest BCUT2D eigenvalue weighted by molar-refractivity contribution is 7.94. The number of anilines is 1. The maximum atomic E-state index is 13.4. The van der Waals surface area contributed by atoms with Crippen molar-refractivity contribution in [3.05, 3.63) is 76.2 Å². The molecule has 0 aliphatic carbocycles. The van der Waals surface area contributed by atoms with Crippen molar-refractivity contribution in [1.82, 2.24) is 0 Å². The number of benzene rings is 2.